The highest BCUT2D eigenvalue weighted by molar-refractivity contribution is 7.26. The summed E-state index contributed by atoms with van der Waals surface area (Å²) in [5, 5.41) is 5.08. The first kappa shape index (κ1) is 31.9. The second-order valence-electron chi connectivity index (χ2n) is 15.4. The topological polar surface area (TPSA) is 21.1 Å². The van der Waals surface area contributed by atoms with Crippen molar-refractivity contribution < 1.29 is 0 Å². The van der Waals surface area contributed by atoms with Crippen LogP contribution in [-0.2, 0) is 5.41 Å². The van der Waals surface area contributed by atoms with Crippen molar-refractivity contribution in [2.45, 2.75) is 5.41 Å². The molecule has 0 fully saturated rings. The highest BCUT2D eigenvalue weighted by atomic mass is 32.1. The Morgan fingerprint density at radius 2 is 1.14 bits per heavy atom. The molecule has 0 atom stereocenters. The van der Waals surface area contributed by atoms with Crippen LogP contribution in [0.15, 0.2) is 200 Å². The molecule has 0 unspecified atom stereocenters. The Morgan fingerprint density at radius 3 is 1.91 bits per heavy atom. The third kappa shape index (κ3) is 4.09. The Hall–Kier alpha value is -7.27. The third-order valence-electron chi connectivity index (χ3n) is 12.6. The van der Waals surface area contributed by atoms with Gasteiger partial charge in [0.2, 0.25) is 0 Å². The molecular weight excluding hydrogens is 723 g/mol. The molecule has 0 saturated heterocycles. The Morgan fingerprint density at radius 1 is 0.483 bits per heavy atom. The van der Waals surface area contributed by atoms with Crippen LogP contribution in [0.25, 0.3) is 69.9 Å². The molecule has 4 heteroatoms. The van der Waals surface area contributed by atoms with Gasteiger partial charge in [-0.05, 0) is 93.5 Å². The molecule has 3 heterocycles. The molecule has 0 bridgehead atoms. The molecule has 58 heavy (non-hydrogen) atoms. The maximum absolute atomic E-state index is 5.07. The molecule has 11 aromatic rings. The number of thiophene rings is 1. The second-order valence-corrected chi connectivity index (χ2v) is 16.5. The van der Waals surface area contributed by atoms with Crippen LogP contribution in [0.5, 0.6) is 0 Å². The van der Waals surface area contributed by atoms with Crippen molar-refractivity contribution in [1.82, 2.24) is 9.55 Å². The molecule has 1 spiro atoms. The van der Waals surface area contributed by atoms with Crippen LogP contribution >= 0.6 is 11.3 Å². The Kier molecular flexibility index (Phi) is 6.53. The fourth-order valence-electron chi connectivity index (χ4n) is 10.5. The monoisotopic (exact) mass is 755 g/mol. The van der Waals surface area contributed by atoms with Crippen LogP contribution in [0.1, 0.15) is 22.3 Å². The van der Waals surface area contributed by atoms with Gasteiger partial charge in [0.05, 0.1) is 22.1 Å². The first-order valence-corrected chi connectivity index (χ1v) is 20.7. The van der Waals surface area contributed by atoms with Crippen molar-refractivity contribution >= 4 is 70.5 Å². The van der Waals surface area contributed by atoms with Crippen molar-refractivity contribution in [3.8, 4) is 27.9 Å². The predicted octanol–water partition coefficient (Wildman–Crippen LogP) is 14.4. The van der Waals surface area contributed by atoms with Crippen LogP contribution in [-0.4, -0.2) is 9.55 Å². The molecule has 0 radical (unpaired) electrons. The minimum absolute atomic E-state index is 0.441. The lowest BCUT2D eigenvalue weighted by atomic mass is 9.70. The van der Waals surface area contributed by atoms with E-state index in [4.69, 9.17) is 4.98 Å². The summed E-state index contributed by atoms with van der Waals surface area (Å²) in [5.41, 5.74) is 15.7. The highest BCUT2D eigenvalue weighted by Gasteiger charge is 2.52. The summed E-state index contributed by atoms with van der Waals surface area (Å²) in [6.45, 7) is 0. The first-order chi connectivity index (χ1) is 28.8. The van der Waals surface area contributed by atoms with Gasteiger partial charge in [-0.2, -0.15) is 0 Å². The molecule has 13 rings (SSSR count). The molecule has 2 aliphatic carbocycles. The summed E-state index contributed by atoms with van der Waals surface area (Å²) in [6.07, 6.45) is 1.91. The minimum Gasteiger partial charge on any atom is -0.308 e. The summed E-state index contributed by atoms with van der Waals surface area (Å²) >= 11 is 1.87. The smallest absolute Gasteiger partial charge is 0.137 e. The van der Waals surface area contributed by atoms with Gasteiger partial charge in [0.25, 0.3) is 0 Å². The van der Waals surface area contributed by atoms with Crippen molar-refractivity contribution in [2.75, 3.05) is 4.90 Å². The van der Waals surface area contributed by atoms with E-state index in [9.17, 15) is 0 Å². The molecule has 2 aliphatic rings. The van der Waals surface area contributed by atoms with Gasteiger partial charge >= 0.3 is 0 Å². The van der Waals surface area contributed by atoms with E-state index < -0.39 is 5.41 Å². The van der Waals surface area contributed by atoms with E-state index in [-0.39, 0.29) is 0 Å². The predicted molar refractivity (Wildman–Crippen MR) is 242 cm³/mol. The molecule has 0 amide bonds. The molecule has 0 saturated carbocycles. The quantitative estimate of drug-likeness (QED) is 0.178. The maximum atomic E-state index is 5.07. The number of aromatic nitrogens is 2. The van der Waals surface area contributed by atoms with Gasteiger partial charge in [0, 0.05) is 54.1 Å². The van der Waals surface area contributed by atoms with Gasteiger partial charge in [-0.25, -0.2) is 4.98 Å². The van der Waals surface area contributed by atoms with Gasteiger partial charge in [0.1, 0.15) is 5.82 Å². The van der Waals surface area contributed by atoms with Gasteiger partial charge < -0.3 is 4.57 Å². The molecule has 8 aromatic carbocycles. The number of para-hydroxylation sites is 1. The minimum atomic E-state index is -0.441. The fraction of sp³-hybridized carbons (Fsp3) is 0.0185. The number of benzene rings is 8. The molecular formula is C54H33N3S. The van der Waals surface area contributed by atoms with E-state index in [2.05, 4.69) is 198 Å². The highest BCUT2D eigenvalue weighted by Crippen LogP contribution is 2.64. The Bertz CT molecular complexity index is 3420. The number of rotatable bonds is 4. The SMILES string of the molecule is c1ccc(-n2c3cc(N(c4ccccn4)c4cccc5c4-c4ccccc4C54c5ccccc5-c5ccccc54)ccc3c3ccc4sc5ccccc5c4c32)cc1. The van der Waals surface area contributed by atoms with Gasteiger partial charge in [-0.15, -0.1) is 11.3 Å². The van der Waals surface area contributed by atoms with Crippen molar-refractivity contribution in [3.63, 3.8) is 0 Å². The van der Waals surface area contributed by atoms with Gasteiger partial charge in [-0.1, -0.05) is 140 Å². The van der Waals surface area contributed by atoms with Crippen molar-refractivity contribution in [3.05, 3.63) is 223 Å². The lowest BCUT2D eigenvalue weighted by Gasteiger charge is -2.31. The summed E-state index contributed by atoms with van der Waals surface area (Å²) in [6, 6.07) is 71.5. The summed E-state index contributed by atoms with van der Waals surface area (Å²) < 4.78 is 5.09. The number of hydrogen-bond acceptors (Lipinski definition) is 3. The lowest BCUT2D eigenvalue weighted by molar-refractivity contribution is 0.793. The number of nitrogens with zero attached hydrogens (tertiary/aromatic N) is 3. The van der Waals surface area contributed by atoms with E-state index in [1.807, 2.05) is 23.6 Å². The first-order valence-electron chi connectivity index (χ1n) is 19.9. The molecule has 0 aliphatic heterocycles. The average Bonchev–Trinajstić information content (AvgIpc) is 4.01. The number of fused-ring (bicyclic) bond motifs is 17. The van der Waals surface area contributed by atoms with E-state index >= 15 is 0 Å². The number of pyridine rings is 1. The Labute approximate surface area is 339 Å². The van der Waals surface area contributed by atoms with Crippen molar-refractivity contribution in [2.24, 2.45) is 0 Å². The van der Waals surface area contributed by atoms with Gasteiger partial charge in [0.15, 0.2) is 0 Å². The van der Waals surface area contributed by atoms with Crippen molar-refractivity contribution in [1.29, 1.82) is 0 Å². The summed E-state index contributed by atoms with van der Waals surface area (Å²) in [7, 11) is 0. The van der Waals surface area contributed by atoms with Crippen LogP contribution in [0, 0.1) is 0 Å². The number of hydrogen-bond donors (Lipinski definition) is 0. The third-order valence-corrected chi connectivity index (χ3v) is 13.8. The van der Waals surface area contributed by atoms with Gasteiger partial charge in [-0.3, -0.25) is 4.90 Å². The van der Waals surface area contributed by atoms with E-state index in [1.165, 1.54) is 81.0 Å². The molecule has 3 nitrogen and oxygen atoms in total. The van der Waals surface area contributed by atoms with Crippen LogP contribution in [0.3, 0.4) is 0 Å². The summed E-state index contributed by atoms with van der Waals surface area (Å²) in [4.78, 5) is 7.44. The van der Waals surface area contributed by atoms with E-state index in [0.717, 1.165) is 28.4 Å². The normalized spacial score (nSPS) is 13.3. The van der Waals surface area contributed by atoms with E-state index in [1.54, 1.807) is 0 Å². The zero-order valence-electron chi connectivity index (χ0n) is 31.3. The molecule has 3 aromatic heterocycles. The number of anilines is 3. The second kappa shape index (κ2) is 11.9. The standard InChI is InChI=1S/C54H33N3S/c1-2-15-34(16-3-1)57-47-33-35(28-29-38(47)39-30-31-49-52(53(39)57)41-20-7-11-26-48(41)58-49)56(50-27-12-13-32-55-50)46-25-14-24-45-51(46)40-19-6-10-23-44(40)54(45)42-21-8-4-17-36(42)37-18-5-9-22-43(37)54/h1-33H. The van der Waals surface area contributed by atoms with E-state index in [0.29, 0.717) is 0 Å². The molecule has 0 N–H and O–H groups in total. The fourth-order valence-corrected chi connectivity index (χ4v) is 11.6. The van der Waals surface area contributed by atoms with Crippen LogP contribution in [0.4, 0.5) is 17.2 Å². The van der Waals surface area contributed by atoms with Crippen LogP contribution in [0.2, 0.25) is 0 Å². The largest absolute Gasteiger partial charge is 0.308 e. The molecule has 270 valence electrons. The average molecular weight is 756 g/mol. The lowest BCUT2D eigenvalue weighted by Crippen LogP contribution is -2.26. The zero-order chi connectivity index (χ0) is 38.0. The maximum Gasteiger partial charge on any atom is 0.137 e. The van der Waals surface area contributed by atoms with Crippen LogP contribution < -0.4 is 4.90 Å². The zero-order valence-corrected chi connectivity index (χ0v) is 32.1. The summed E-state index contributed by atoms with van der Waals surface area (Å²) in [5.74, 6) is 0.870. The Balaban J connectivity index is 1.12.